The van der Waals surface area contributed by atoms with E-state index in [2.05, 4.69) is 6.92 Å². The number of methoxy groups -OCH3 is 1. The molecular weight excluding hydrogens is 240 g/mol. The fourth-order valence-corrected chi connectivity index (χ4v) is 2.01. The van der Waals surface area contributed by atoms with Gasteiger partial charge < -0.3 is 9.47 Å². The Bertz CT molecular complexity index is 575. The summed E-state index contributed by atoms with van der Waals surface area (Å²) in [5.41, 5.74) is 0.511. The molecule has 0 unspecified atom stereocenters. The van der Waals surface area contributed by atoms with Crippen LogP contribution in [0.4, 0.5) is 0 Å². The lowest BCUT2D eigenvalue weighted by atomic mass is 10.0. The number of esters is 1. The van der Waals surface area contributed by atoms with E-state index in [4.69, 9.17) is 9.47 Å². The fraction of sp³-hybridized carbons (Fsp3) is 0.312. The SMILES string of the molecule is CCCCOc1ccc2ccccc2c1C(=O)OC. The van der Waals surface area contributed by atoms with E-state index < -0.39 is 0 Å². The first-order valence-corrected chi connectivity index (χ1v) is 6.50. The minimum absolute atomic E-state index is 0.358. The Labute approximate surface area is 113 Å². The molecule has 0 amide bonds. The first kappa shape index (κ1) is 13.4. The maximum atomic E-state index is 12.0. The number of hydrogen-bond donors (Lipinski definition) is 0. The van der Waals surface area contributed by atoms with Crippen molar-refractivity contribution in [1.82, 2.24) is 0 Å². The monoisotopic (exact) mass is 258 g/mol. The van der Waals surface area contributed by atoms with Gasteiger partial charge in [0, 0.05) is 0 Å². The van der Waals surface area contributed by atoms with Crippen LogP contribution < -0.4 is 4.74 Å². The summed E-state index contributed by atoms with van der Waals surface area (Å²) in [5, 5.41) is 1.87. The lowest BCUT2D eigenvalue weighted by Crippen LogP contribution is -2.07. The Morgan fingerprint density at radius 3 is 2.68 bits per heavy atom. The van der Waals surface area contributed by atoms with Crippen LogP contribution in [-0.4, -0.2) is 19.7 Å². The molecule has 19 heavy (non-hydrogen) atoms. The maximum absolute atomic E-state index is 12.0. The highest BCUT2D eigenvalue weighted by Gasteiger charge is 2.16. The smallest absolute Gasteiger partial charge is 0.342 e. The zero-order chi connectivity index (χ0) is 13.7. The van der Waals surface area contributed by atoms with Crippen molar-refractivity contribution in [2.75, 3.05) is 13.7 Å². The van der Waals surface area contributed by atoms with Crippen molar-refractivity contribution in [3.63, 3.8) is 0 Å². The van der Waals surface area contributed by atoms with Gasteiger partial charge in [-0.3, -0.25) is 0 Å². The van der Waals surface area contributed by atoms with Crippen molar-refractivity contribution >= 4 is 16.7 Å². The van der Waals surface area contributed by atoms with E-state index in [9.17, 15) is 4.79 Å². The zero-order valence-electron chi connectivity index (χ0n) is 11.3. The number of carbonyl (C=O) groups is 1. The molecule has 3 nitrogen and oxygen atoms in total. The second-order valence-corrected chi connectivity index (χ2v) is 4.35. The summed E-state index contributed by atoms with van der Waals surface area (Å²) in [5.74, 6) is 0.238. The molecule has 0 bridgehead atoms. The Morgan fingerprint density at radius 2 is 1.95 bits per heavy atom. The molecule has 0 N–H and O–H groups in total. The predicted octanol–water partition coefficient (Wildman–Crippen LogP) is 3.81. The Balaban J connectivity index is 2.47. The standard InChI is InChI=1S/C16H18O3/c1-3-4-11-19-14-10-9-12-7-5-6-8-13(12)15(14)16(17)18-2/h5-10H,3-4,11H2,1-2H3. The number of carbonyl (C=O) groups excluding carboxylic acids is 1. The van der Waals surface area contributed by atoms with Gasteiger partial charge in [0.15, 0.2) is 0 Å². The third kappa shape index (κ3) is 2.87. The molecule has 0 aliphatic carbocycles. The summed E-state index contributed by atoms with van der Waals surface area (Å²) < 4.78 is 10.6. The first-order valence-electron chi connectivity index (χ1n) is 6.50. The fourth-order valence-electron chi connectivity index (χ4n) is 2.01. The van der Waals surface area contributed by atoms with Crippen LogP contribution in [0, 0.1) is 0 Å². The number of fused-ring (bicyclic) bond motifs is 1. The topological polar surface area (TPSA) is 35.5 Å². The van der Waals surface area contributed by atoms with Crippen LogP contribution in [-0.2, 0) is 4.74 Å². The third-order valence-electron chi connectivity index (χ3n) is 3.04. The molecule has 0 radical (unpaired) electrons. The molecule has 0 saturated heterocycles. The van der Waals surface area contributed by atoms with Crippen LogP contribution >= 0.6 is 0 Å². The Hall–Kier alpha value is -2.03. The van der Waals surface area contributed by atoms with E-state index >= 15 is 0 Å². The molecule has 0 saturated carbocycles. The molecule has 3 heteroatoms. The second-order valence-electron chi connectivity index (χ2n) is 4.35. The maximum Gasteiger partial charge on any atom is 0.342 e. The lowest BCUT2D eigenvalue weighted by Gasteiger charge is -2.12. The van der Waals surface area contributed by atoms with Gasteiger partial charge in [0.25, 0.3) is 0 Å². The van der Waals surface area contributed by atoms with Gasteiger partial charge >= 0.3 is 5.97 Å². The van der Waals surface area contributed by atoms with Crippen LogP contribution in [0.3, 0.4) is 0 Å². The normalized spacial score (nSPS) is 10.4. The molecule has 0 aromatic heterocycles. The van der Waals surface area contributed by atoms with Gasteiger partial charge in [-0.15, -0.1) is 0 Å². The minimum Gasteiger partial charge on any atom is -0.493 e. The van der Waals surface area contributed by atoms with Gasteiger partial charge in [-0.1, -0.05) is 43.7 Å². The highest BCUT2D eigenvalue weighted by atomic mass is 16.5. The van der Waals surface area contributed by atoms with E-state index in [0.717, 1.165) is 23.6 Å². The lowest BCUT2D eigenvalue weighted by molar-refractivity contribution is 0.0598. The van der Waals surface area contributed by atoms with Gasteiger partial charge in [0.2, 0.25) is 0 Å². The van der Waals surface area contributed by atoms with Gasteiger partial charge in [0.1, 0.15) is 11.3 Å². The molecule has 2 aromatic rings. The van der Waals surface area contributed by atoms with Crippen molar-refractivity contribution in [3.05, 3.63) is 42.0 Å². The number of ether oxygens (including phenoxy) is 2. The molecule has 0 heterocycles. The van der Waals surface area contributed by atoms with Gasteiger partial charge in [0.05, 0.1) is 13.7 Å². The quantitative estimate of drug-likeness (QED) is 0.604. The van der Waals surface area contributed by atoms with Crippen molar-refractivity contribution in [3.8, 4) is 5.75 Å². The number of hydrogen-bond acceptors (Lipinski definition) is 3. The average molecular weight is 258 g/mol. The molecule has 0 fully saturated rings. The van der Waals surface area contributed by atoms with Crippen LogP contribution in [0.25, 0.3) is 10.8 Å². The molecule has 0 atom stereocenters. The Morgan fingerprint density at radius 1 is 1.16 bits per heavy atom. The zero-order valence-corrected chi connectivity index (χ0v) is 11.3. The van der Waals surface area contributed by atoms with Crippen molar-refractivity contribution < 1.29 is 14.3 Å². The second kappa shape index (κ2) is 6.23. The van der Waals surface area contributed by atoms with E-state index in [1.54, 1.807) is 0 Å². The van der Waals surface area contributed by atoms with Crippen LogP contribution in [0.2, 0.25) is 0 Å². The largest absolute Gasteiger partial charge is 0.493 e. The molecule has 2 rings (SSSR count). The van der Waals surface area contributed by atoms with E-state index in [1.807, 2.05) is 36.4 Å². The van der Waals surface area contributed by atoms with Gasteiger partial charge in [-0.25, -0.2) is 4.79 Å². The predicted molar refractivity (Wildman–Crippen MR) is 75.7 cm³/mol. The number of unbranched alkanes of at least 4 members (excludes halogenated alkanes) is 1. The highest BCUT2D eigenvalue weighted by Crippen LogP contribution is 2.28. The van der Waals surface area contributed by atoms with E-state index in [0.29, 0.717) is 17.9 Å². The van der Waals surface area contributed by atoms with Crippen LogP contribution in [0.5, 0.6) is 5.75 Å². The Kier molecular flexibility index (Phi) is 4.39. The molecular formula is C16H18O3. The number of rotatable bonds is 5. The highest BCUT2D eigenvalue weighted by molar-refractivity contribution is 6.07. The summed E-state index contributed by atoms with van der Waals surface area (Å²) >= 11 is 0. The minimum atomic E-state index is -0.358. The molecule has 0 aliphatic heterocycles. The van der Waals surface area contributed by atoms with Crippen LogP contribution in [0.15, 0.2) is 36.4 Å². The molecule has 0 aliphatic rings. The molecule has 100 valence electrons. The summed E-state index contributed by atoms with van der Waals surface area (Å²) in [7, 11) is 1.39. The first-order chi connectivity index (χ1) is 9.27. The third-order valence-corrected chi connectivity index (χ3v) is 3.04. The van der Waals surface area contributed by atoms with Crippen molar-refractivity contribution in [2.24, 2.45) is 0 Å². The van der Waals surface area contributed by atoms with E-state index in [1.165, 1.54) is 7.11 Å². The molecule has 2 aromatic carbocycles. The number of benzene rings is 2. The summed E-state index contributed by atoms with van der Waals surface area (Å²) in [6, 6.07) is 11.5. The van der Waals surface area contributed by atoms with Crippen molar-refractivity contribution in [1.29, 1.82) is 0 Å². The summed E-state index contributed by atoms with van der Waals surface area (Å²) in [4.78, 5) is 12.0. The van der Waals surface area contributed by atoms with Crippen molar-refractivity contribution in [2.45, 2.75) is 19.8 Å². The van der Waals surface area contributed by atoms with Gasteiger partial charge in [-0.2, -0.15) is 0 Å². The summed E-state index contributed by atoms with van der Waals surface area (Å²) in [6.07, 6.45) is 2.02. The van der Waals surface area contributed by atoms with Crippen LogP contribution in [0.1, 0.15) is 30.1 Å². The molecule has 0 spiro atoms. The average Bonchev–Trinajstić information content (AvgIpc) is 2.46. The van der Waals surface area contributed by atoms with Gasteiger partial charge in [-0.05, 0) is 23.3 Å². The van der Waals surface area contributed by atoms with E-state index in [-0.39, 0.29) is 5.97 Å². The summed E-state index contributed by atoms with van der Waals surface area (Å²) in [6.45, 7) is 2.71.